The fraction of sp³-hybridized carbons (Fsp3) is 0.333. The highest BCUT2D eigenvalue weighted by molar-refractivity contribution is 7.99. The number of Topliss-reactive ketones (excluding diaryl/α,β-unsaturated/α-hetero) is 1. The molecule has 136 valence electrons. The number of hydrogen-bond donors (Lipinski definition) is 0. The van der Waals surface area contributed by atoms with E-state index in [0.717, 1.165) is 29.9 Å². The van der Waals surface area contributed by atoms with Gasteiger partial charge in [-0.05, 0) is 31.9 Å². The van der Waals surface area contributed by atoms with E-state index in [4.69, 9.17) is 0 Å². The SMILES string of the molecule is Cc1csc(C(C#N)C(=O)CSc2nnc(-c3ccncc3)n2C2CC2)n1. The molecule has 1 saturated carbocycles. The van der Waals surface area contributed by atoms with Crippen LogP contribution in [0.5, 0.6) is 0 Å². The molecule has 1 fully saturated rings. The van der Waals surface area contributed by atoms with Crippen molar-refractivity contribution in [3.63, 3.8) is 0 Å². The summed E-state index contributed by atoms with van der Waals surface area (Å²) in [6, 6.07) is 6.26. The Morgan fingerprint density at radius 3 is 2.81 bits per heavy atom. The number of thioether (sulfide) groups is 1. The van der Waals surface area contributed by atoms with Gasteiger partial charge in [0.05, 0.1) is 11.8 Å². The average molecular weight is 397 g/mol. The number of thiazole rings is 1. The molecule has 1 aliphatic carbocycles. The molecular formula is C18H16N6OS2. The number of rotatable bonds is 7. The van der Waals surface area contributed by atoms with Crippen LogP contribution in [0.2, 0.25) is 0 Å². The monoisotopic (exact) mass is 396 g/mol. The predicted octanol–water partition coefficient (Wildman–Crippen LogP) is 3.41. The molecule has 3 aromatic rings. The lowest BCUT2D eigenvalue weighted by Gasteiger charge is -2.09. The summed E-state index contributed by atoms with van der Waals surface area (Å²) in [4.78, 5) is 20.9. The molecule has 7 nitrogen and oxygen atoms in total. The van der Waals surface area contributed by atoms with Crippen LogP contribution in [0.4, 0.5) is 0 Å². The topological polar surface area (TPSA) is 97.4 Å². The number of nitriles is 1. The second-order valence-electron chi connectivity index (χ2n) is 6.29. The van der Waals surface area contributed by atoms with Gasteiger partial charge in [0.15, 0.2) is 22.7 Å². The maximum absolute atomic E-state index is 12.6. The largest absolute Gasteiger partial charge is 0.299 e. The molecule has 4 rings (SSSR count). The van der Waals surface area contributed by atoms with Crippen molar-refractivity contribution in [1.29, 1.82) is 5.26 Å². The van der Waals surface area contributed by atoms with E-state index in [-0.39, 0.29) is 11.5 Å². The van der Waals surface area contributed by atoms with Crippen molar-refractivity contribution >= 4 is 28.9 Å². The van der Waals surface area contributed by atoms with Crippen molar-refractivity contribution in [3.8, 4) is 17.5 Å². The van der Waals surface area contributed by atoms with Gasteiger partial charge in [-0.25, -0.2) is 4.98 Å². The Labute approximate surface area is 164 Å². The Kier molecular flexibility index (Phi) is 5.01. The second-order valence-corrected chi connectivity index (χ2v) is 8.12. The van der Waals surface area contributed by atoms with Gasteiger partial charge in [0, 0.05) is 35.1 Å². The Balaban J connectivity index is 1.52. The number of pyridine rings is 1. The third kappa shape index (κ3) is 3.77. The Morgan fingerprint density at radius 2 is 2.19 bits per heavy atom. The molecule has 1 atom stereocenters. The average Bonchev–Trinajstić information content (AvgIpc) is 3.30. The summed E-state index contributed by atoms with van der Waals surface area (Å²) in [6.45, 7) is 1.85. The van der Waals surface area contributed by atoms with E-state index >= 15 is 0 Å². The zero-order valence-electron chi connectivity index (χ0n) is 14.6. The fourth-order valence-corrected chi connectivity index (χ4v) is 4.50. The lowest BCUT2D eigenvalue weighted by atomic mass is 10.1. The first-order chi connectivity index (χ1) is 13.2. The summed E-state index contributed by atoms with van der Waals surface area (Å²) >= 11 is 2.68. The van der Waals surface area contributed by atoms with E-state index in [0.29, 0.717) is 16.2 Å². The fourth-order valence-electron chi connectivity index (χ4n) is 2.72. The van der Waals surface area contributed by atoms with Gasteiger partial charge in [0.1, 0.15) is 5.01 Å². The third-order valence-electron chi connectivity index (χ3n) is 4.19. The van der Waals surface area contributed by atoms with Gasteiger partial charge in [-0.3, -0.25) is 14.3 Å². The second kappa shape index (κ2) is 7.58. The molecule has 3 heterocycles. The van der Waals surface area contributed by atoms with Crippen LogP contribution in [-0.4, -0.2) is 36.3 Å². The minimum atomic E-state index is -0.826. The number of aryl methyl sites for hydroxylation is 1. The van der Waals surface area contributed by atoms with Gasteiger partial charge in [0.25, 0.3) is 0 Å². The van der Waals surface area contributed by atoms with E-state index in [1.54, 1.807) is 12.4 Å². The van der Waals surface area contributed by atoms with E-state index in [1.807, 2.05) is 24.4 Å². The molecule has 27 heavy (non-hydrogen) atoms. The molecule has 0 N–H and O–H groups in total. The first kappa shape index (κ1) is 17.8. The van der Waals surface area contributed by atoms with Crippen molar-refractivity contribution < 1.29 is 4.79 Å². The van der Waals surface area contributed by atoms with E-state index < -0.39 is 5.92 Å². The number of ketones is 1. The lowest BCUT2D eigenvalue weighted by Crippen LogP contribution is -2.13. The summed E-state index contributed by atoms with van der Waals surface area (Å²) in [6.07, 6.45) is 5.62. The first-order valence-corrected chi connectivity index (χ1v) is 10.4. The maximum Gasteiger partial charge on any atom is 0.192 e. The maximum atomic E-state index is 12.6. The molecule has 1 aliphatic rings. The highest BCUT2D eigenvalue weighted by Crippen LogP contribution is 2.41. The summed E-state index contributed by atoms with van der Waals surface area (Å²) < 4.78 is 2.10. The molecule has 0 saturated heterocycles. The lowest BCUT2D eigenvalue weighted by molar-refractivity contribution is -0.116. The predicted molar refractivity (Wildman–Crippen MR) is 102 cm³/mol. The van der Waals surface area contributed by atoms with Crippen molar-refractivity contribution in [2.24, 2.45) is 0 Å². The van der Waals surface area contributed by atoms with Gasteiger partial charge in [-0.1, -0.05) is 11.8 Å². The van der Waals surface area contributed by atoms with Crippen molar-refractivity contribution in [2.75, 3.05) is 5.75 Å². The van der Waals surface area contributed by atoms with Crippen LogP contribution in [0.3, 0.4) is 0 Å². The molecular weight excluding hydrogens is 380 g/mol. The van der Waals surface area contributed by atoms with Gasteiger partial charge < -0.3 is 0 Å². The van der Waals surface area contributed by atoms with Crippen molar-refractivity contribution in [1.82, 2.24) is 24.7 Å². The van der Waals surface area contributed by atoms with Gasteiger partial charge in [-0.15, -0.1) is 21.5 Å². The molecule has 3 aromatic heterocycles. The summed E-state index contributed by atoms with van der Waals surface area (Å²) in [5, 5.41) is 21.2. The van der Waals surface area contributed by atoms with Crippen LogP contribution < -0.4 is 0 Å². The molecule has 0 bridgehead atoms. The Morgan fingerprint density at radius 1 is 1.41 bits per heavy atom. The highest BCUT2D eigenvalue weighted by Gasteiger charge is 2.31. The number of hydrogen-bond acceptors (Lipinski definition) is 8. The zero-order chi connectivity index (χ0) is 18.8. The third-order valence-corrected chi connectivity index (χ3v) is 6.19. The molecule has 0 spiro atoms. The molecule has 0 radical (unpaired) electrons. The molecule has 0 aliphatic heterocycles. The van der Waals surface area contributed by atoms with Crippen LogP contribution in [-0.2, 0) is 4.79 Å². The molecule has 0 amide bonds. The molecule has 0 aromatic carbocycles. The standard InChI is InChI=1S/C18H16N6OS2/c1-11-9-26-17(21-11)14(8-19)15(25)10-27-18-23-22-16(24(18)13-2-3-13)12-4-6-20-7-5-12/h4-7,9,13-14H,2-3,10H2,1H3. The van der Waals surface area contributed by atoms with Crippen molar-refractivity contribution in [2.45, 2.75) is 36.9 Å². The van der Waals surface area contributed by atoms with E-state index in [2.05, 4.69) is 30.8 Å². The summed E-state index contributed by atoms with van der Waals surface area (Å²) in [7, 11) is 0. The smallest absolute Gasteiger partial charge is 0.192 e. The van der Waals surface area contributed by atoms with Gasteiger partial charge >= 0.3 is 0 Å². The van der Waals surface area contributed by atoms with Crippen LogP contribution in [0.25, 0.3) is 11.4 Å². The van der Waals surface area contributed by atoms with Crippen molar-refractivity contribution in [3.05, 3.63) is 40.6 Å². The molecule has 1 unspecified atom stereocenters. The van der Waals surface area contributed by atoms with Gasteiger partial charge in [-0.2, -0.15) is 5.26 Å². The number of nitrogens with zero attached hydrogens (tertiary/aromatic N) is 6. The summed E-state index contributed by atoms with van der Waals surface area (Å²) in [5.74, 6) is -0.0269. The van der Waals surface area contributed by atoms with Crippen LogP contribution in [0, 0.1) is 18.3 Å². The normalized spacial score (nSPS) is 14.7. The number of carbonyl (C=O) groups excluding carboxylic acids is 1. The quantitative estimate of drug-likeness (QED) is 0.564. The number of carbonyl (C=O) groups is 1. The first-order valence-electron chi connectivity index (χ1n) is 8.50. The van der Waals surface area contributed by atoms with Crippen LogP contribution in [0.1, 0.15) is 35.5 Å². The van der Waals surface area contributed by atoms with Gasteiger partial charge in [0.2, 0.25) is 0 Å². The van der Waals surface area contributed by atoms with E-state index in [9.17, 15) is 10.1 Å². The minimum absolute atomic E-state index is 0.160. The Hall–Kier alpha value is -2.57. The van der Waals surface area contributed by atoms with E-state index in [1.165, 1.54) is 23.1 Å². The minimum Gasteiger partial charge on any atom is -0.299 e. The summed E-state index contributed by atoms with van der Waals surface area (Å²) in [5.41, 5.74) is 1.78. The number of aromatic nitrogens is 5. The van der Waals surface area contributed by atoms with Crippen LogP contribution >= 0.6 is 23.1 Å². The Bertz CT molecular complexity index is 1000. The molecule has 9 heteroatoms. The zero-order valence-corrected chi connectivity index (χ0v) is 16.2. The highest BCUT2D eigenvalue weighted by atomic mass is 32.2. The van der Waals surface area contributed by atoms with Crippen LogP contribution in [0.15, 0.2) is 35.1 Å².